The van der Waals surface area contributed by atoms with Crippen molar-refractivity contribution in [2.45, 2.75) is 19.0 Å². The second-order valence-corrected chi connectivity index (χ2v) is 8.11. The average Bonchev–Trinajstić information content (AvgIpc) is 3.17. The molecule has 188 valence electrons. The van der Waals surface area contributed by atoms with Gasteiger partial charge in [-0.05, 0) is 33.6 Å². The number of nitrogens with zero attached hydrogens (tertiary/aromatic N) is 3. The maximum absolute atomic E-state index is 14.0. The van der Waals surface area contributed by atoms with Gasteiger partial charge in [-0.25, -0.2) is 23.7 Å². The number of aromatic amines is 1. The highest BCUT2D eigenvalue weighted by atomic mass is 79.9. The lowest BCUT2D eigenvalue weighted by atomic mass is 9.98. The highest BCUT2D eigenvalue weighted by Crippen LogP contribution is 2.39. The van der Waals surface area contributed by atoms with E-state index in [-0.39, 0.29) is 28.3 Å². The fraction of sp³-hybridized carbons (Fsp3) is 0.136. The van der Waals surface area contributed by atoms with Crippen LogP contribution in [-0.2, 0) is 6.18 Å². The molecule has 36 heavy (non-hydrogen) atoms. The number of nitrogens with one attached hydrogen (secondary N) is 4. The van der Waals surface area contributed by atoms with E-state index < -0.39 is 29.6 Å². The lowest BCUT2D eigenvalue weighted by Crippen LogP contribution is -2.16. The van der Waals surface area contributed by atoms with Crippen LogP contribution in [0.4, 0.5) is 27.6 Å². The molecule has 8 nitrogen and oxygen atoms in total. The van der Waals surface area contributed by atoms with Crippen molar-refractivity contribution in [2.75, 3.05) is 5.32 Å². The predicted molar refractivity (Wildman–Crippen MR) is 129 cm³/mol. The number of hydrogen-bond acceptors (Lipinski definition) is 5. The number of amidine groups is 1. The van der Waals surface area contributed by atoms with Crippen LogP contribution in [0.3, 0.4) is 0 Å². The molecule has 14 heteroatoms. The Morgan fingerprint density at radius 2 is 1.89 bits per heavy atom. The number of allylic oxidation sites excluding steroid dienone is 1. The maximum atomic E-state index is 14.0. The molecule has 0 amide bonds. The molecule has 0 aliphatic heterocycles. The van der Waals surface area contributed by atoms with Crippen molar-refractivity contribution in [2.24, 2.45) is 10.7 Å². The lowest BCUT2D eigenvalue weighted by molar-refractivity contribution is -0.144. The molecule has 0 radical (unpaired) electrons. The van der Waals surface area contributed by atoms with E-state index >= 15 is 0 Å². The molecule has 3 rings (SSSR count). The Hall–Kier alpha value is -3.94. The normalized spacial score (nSPS) is 13.4. The summed E-state index contributed by atoms with van der Waals surface area (Å²) in [7, 11) is 0. The smallest absolute Gasteiger partial charge is 0.382 e. The first-order valence-corrected chi connectivity index (χ1v) is 10.8. The van der Waals surface area contributed by atoms with Crippen LogP contribution in [0.2, 0.25) is 0 Å². The van der Waals surface area contributed by atoms with Gasteiger partial charge in [0.05, 0.1) is 11.4 Å². The first-order chi connectivity index (χ1) is 17.0. The number of aromatic nitrogens is 3. The highest BCUT2D eigenvalue weighted by molar-refractivity contribution is 9.10. The van der Waals surface area contributed by atoms with Crippen LogP contribution in [0.15, 0.2) is 51.8 Å². The van der Waals surface area contributed by atoms with Crippen LogP contribution < -0.4 is 11.1 Å². The summed E-state index contributed by atoms with van der Waals surface area (Å²) in [4.78, 5) is 13.5. The van der Waals surface area contributed by atoms with Crippen molar-refractivity contribution in [3.05, 3.63) is 75.7 Å². The summed E-state index contributed by atoms with van der Waals surface area (Å²) in [5.74, 6) is -3.59. The minimum atomic E-state index is -4.72. The van der Waals surface area contributed by atoms with Gasteiger partial charge in [0, 0.05) is 58.1 Å². The number of benzene rings is 1. The molecule has 0 aliphatic rings. The van der Waals surface area contributed by atoms with E-state index in [2.05, 4.69) is 41.2 Å². The monoisotopic (exact) mass is 568 g/mol. The average molecular weight is 569 g/mol. The number of aliphatic imine (C=N–C) groups is 1. The van der Waals surface area contributed by atoms with Gasteiger partial charge in [0.1, 0.15) is 23.8 Å². The maximum Gasteiger partial charge on any atom is 0.451 e. The van der Waals surface area contributed by atoms with E-state index in [0.717, 1.165) is 24.7 Å². The summed E-state index contributed by atoms with van der Waals surface area (Å²) >= 11 is 3.43. The third-order valence-electron chi connectivity index (χ3n) is 5.04. The Balaban J connectivity index is 2.06. The Kier molecular flexibility index (Phi) is 7.97. The van der Waals surface area contributed by atoms with Crippen LogP contribution in [0.25, 0.3) is 11.1 Å². The van der Waals surface area contributed by atoms with Crippen LogP contribution in [0.1, 0.15) is 30.1 Å². The number of alkyl halides is 3. The molecule has 0 saturated carbocycles. The van der Waals surface area contributed by atoms with Gasteiger partial charge < -0.3 is 21.4 Å². The molecule has 0 bridgehead atoms. The third kappa shape index (κ3) is 5.64. The SMILES string of the molecule is CC(/C(C=N)=C/Nc1ccc(F)cc1F)c1[nH]c(/C(N)=N\C=N)c(-c2cnc(C(F)(F)F)nc2)c1Br. The highest BCUT2D eigenvalue weighted by Gasteiger charge is 2.34. The number of H-pyrrole nitrogens is 1. The van der Waals surface area contributed by atoms with Gasteiger partial charge in [0.15, 0.2) is 0 Å². The van der Waals surface area contributed by atoms with Gasteiger partial charge in [-0.2, -0.15) is 13.2 Å². The molecular weight excluding hydrogens is 551 g/mol. The molecule has 6 N–H and O–H groups in total. The van der Waals surface area contributed by atoms with Crippen molar-refractivity contribution in [3.8, 4) is 11.1 Å². The van der Waals surface area contributed by atoms with Gasteiger partial charge in [-0.1, -0.05) is 6.92 Å². The second kappa shape index (κ2) is 10.8. The Bertz CT molecular complexity index is 1350. The molecule has 2 heterocycles. The standard InChI is InChI=1S/C22H18BrF5N8/c1-10(11(5-29)6-32-15-3-2-13(24)4-14(15)25)18-17(23)16(19(36-18)20(31)35-9-30)12-7-33-21(34-8-12)22(26,27)28/h2-10,29,32,36H,1H3,(H3,30,31,35)/b11-6+,29-5?. The number of halogens is 6. The van der Waals surface area contributed by atoms with Gasteiger partial charge in [-0.3, -0.25) is 5.41 Å². The van der Waals surface area contributed by atoms with E-state index in [1.165, 1.54) is 12.3 Å². The quantitative estimate of drug-likeness (QED) is 0.137. The van der Waals surface area contributed by atoms with E-state index in [0.29, 0.717) is 28.1 Å². The van der Waals surface area contributed by atoms with E-state index in [9.17, 15) is 22.0 Å². The van der Waals surface area contributed by atoms with Crippen molar-refractivity contribution in [1.82, 2.24) is 15.0 Å². The van der Waals surface area contributed by atoms with Gasteiger partial charge in [0.2, 0.25) is 5.82 Å². The second-order valence-electron chi connectivity index (χ2n) is 7.32. The van der Waals surface area contributed by atoms with E-state index in [1.807, 2.05) is 0 Å². The Morgan fingerprint density at radius 1 is 1.22 bits per heavy atom. The third-order valence-corrected chi connectivity index (χ3v) is 5.87. The largest absolute Gasteiger partial charge is 0.451 e. The molecular formula is C22H18BrF5N8. The van der Waals surface area contributed by atoms with Crippen molar-refractivity contribution >= 4 is 40.0 Å². The molecule has 0 spiro atoms. The first kappa shape index (κ1) is 26.7. The summed E-state index contributed by atoms with van der Waals surface area (Å²) < 4.78 is 66.2. The van der Waals surface area contributed by atoms with Gasteiger partial charge >= 0.3 is 6.18 Å². The van der Waals surface area contributed by atoms with Crippen LogP contribution in [0.5, 0.6) is 0 Å². The van der Waals surface area contributed by atoms with Crippen LogP contribution >= 0.6 is 15.9 Å². The molecule has 0 saturated heterocycles. The van der Waals surface area contributed by atoms with Crippen LogP contribution in [-0.4, -0.2) is 33.3 Å². The number of anilines is 1. The fourth-order valence-corrected chi connectivity index (χ4v) is 4.09. The molecule has 2 aromatic heterocycles. The summed E-state index contributed by atoms with van der Waals surface area (Å²) in [6, 6.07) is 2.99. The minimum Gasteiger partial charge on any atom is -0.382 e. The molecule has 1 unspecified atom stereocenters. The van der Waals surface area contributed by atoms with Crippen LogP contribution in [0, 0.1) is 22.5 Å². The molecule has 0 aliphatic carbocycles. The molecule has 1 aromatic carbocycles. The van der Waals surface area contributed by atoms with Crippen molar-refractivity contribution < 1.29 is 22.0 Å². The predicted octanol–water partition coefficient (Wildman–Crippen LogP) is 5.59. The number of nitrogens with two attached hydrogens (primary N) is 1. The summed E-state index contributed by atoms with van der Waals surface area (Å²) in [6.07, 6.45) is 0.304. The van der Waals surface area contributed by atoms with E-state index in [1.54, 1.807) is 6.92 Å². The summed E-state index contributed by atoms with van der Waals surface area (Å²) in [6.45, 7) is 1.71. The van der Waals surface area contributed by atoms with Gasteiger partial charge in [-0.15, -0.1) is 0 Å². The zero-order chi connectivity index (χ0) is 26.6. The van der Waals surface area contributed by atoms with Gasteiger partial charge in [0.25, 0.3) is 0 Å². The Labute approximate surface area is 209 Å². The topological polar surface area (TPSA) is 140 Å². The zero-order valence-corrected chi connectivity index (χ0v) is 20.0. The van der Waals surface area contributed by atoms with E-state index in [4.69, 9.17) is 16.6 Å². The van der Waals surface area contributed by atoms with Crippen molar-refractivity contribution in [1.29, 1.82) is 10.8 Å². The summed E-state index contributed by atoms with van der Waals surface area (Å²) in [5.41, 5.74) is 7.40. The fourth-order valence-electron chi connectivity index (χ4n) is 3.22. The molecule has 0 fully saturated rings. The summed E-state index contributed by atoms with van der Waals surface area (Å²) in [5, 5.41) is 17.7. The molecule has 3 aromatic rings. The Morgan fingerprint density at radius 3 is 2.44 bits per heavy atom. The zero-order valence-electron chi connectivity index (χ0n) is 18.4. The number of rotatable bonds is 8. The van der Waals surface area contributed by atoms with Crippen molar-refractivity contribution in [3.63, 3.8) is 0 Å². The minimum absolute atomic E-state index is 0.0147. The molecule has 1 atom stereocenters. The number of hydrogen-bond donors (Lipinski definition) is 5. The lowest BCUT2D eigenvalue weighted by Gasteiger charge is -2.13. The first-order valence-electron chi connectivity index (χ1n) is 10.0.